The molecule has 0 aromatic heterocycles. The van der Waals surface area contributed by atoms with Crippen molar-refractivity contribution in [2.75, 3.05) is 10.6 Å². The maximum Gasteiger partial charge on any atom is 0.251 e. The average Bonchev–Trinajstić information content (AvgIpc) is 2.96. The van der Waals surface area contributed by atoms with Gasteiger partial charge in [-0.2, -0.15) is 0 Å². The fourth-order valence-corrected chi connectivity index (χ4v) is 5.19. The van der Waals surface area contributed by atoms with Gasteiger partial charge in [0, 0.05) is 11.6 Å². The third-order valence-electron chi connectivity index (χ3n) is 5.07. The minimum atomic E-state index is -3.33. The Morgan fingerprint density at radius 2 is 1.86 bits per heavy atom. The second-order valence-corrected chi connectivity index (χ2v) is 9.88. The summed E-state index contributed by atoms with van der Waals surface area (Å²) in [5, 5.41) is 3.15. The van der Waals surface area contributed by atoms with E-state index in [2.05, 4.69) is 19.2 Å². The van der Waals surface area contributed by atoms with Gasteiger partial charge in [-0.15, -0.1) is 0 Å². The maximum absolute atomic E-state index is 12.9. The topological polar surface area (TPSA) is 66.5 Å². The molecule has 1 aliphatic rings. The van der Waals surface area contributed by atoms with Crippen molar-refractivity contribution in [2.24, 2.45) is 5.92 Å². The van der Waals surface area contributed by atoms with Crippen LogP contribution in [0.15, 0.2) is 48.5 Å². The van der Waals surface area contributed by atoms with Crippen molar-refractivity contribution in [3.63, 3.8) is 0 Å². The van der Waals surface area contributed by atoms with E-state index in [1.54, 1.807) is 12.1 Å². The lowest BCUT2D eigenvalue weighted by Crippen LogP contribution is -2.34. The molecule has 5 nitrogen and oxygen atoms in total. The second kappa shape index (κ2) is 7.95. The van der Waals surface area contributed by atoms with E-state index in [1.165, 1.54) is 10.6 Å². The number of carbonyl (C=O) groups is 1. The van der Waals surface area contributed by atoms with Gasteiger partial charge in [0.25, 0.3) is 5.91 Å². The number of benzene rings is 2. The molecular formula is C22H28N2O3S. The summed E-state index contributed by atoms with van der Waals surface area (Å²) < 4.78 is 25.6. The molecule has 2 atom stereocenters. The summed E-state index contributed by atoms with van der Waals surface area (Å²) in [5.74, 6) is 0.303. The number of carbonyl (C=O) groups excluding carboxylic acids is 1. The number of hydrogen-bond donors (Lipinski definition) is 1. The summed E-state index contributed by atoms with van der Waals surface area (Å²) in [6, 6.07) is 15.1. The Hall–Kier alpha value is -2.34. The Kier molecular flexibility index (Phi) is 5.79. The smallest absolute Gasteiger partial charge is 0.251 e. The minimum absolute atomic E-state index is 0.0617. The van der Waals surface area contributed by atoms with Crippen LogP contribution >= 0.6 is 0 Å². The Labute approximate surface area is 167 Å². The van der Waals surface area contributed by atoms with E-state index >= 15 is 0 Å². The predicted molar refractivity (Wildman–Crippen MR) is 113 cm³/mol. The molecule has 0 fully saturated rings. The molecule has 0 spiro atoms. The van der Waals surface area contributed by atoms with Crippen LogP contribution < -0.4 is 9.62 Å². The molecule has 28 heavy (non-hydrogen) atoms. The first-order chi connectivity index (χ1) is 13.2. The zero-order chi connectivity index (χ0) is 20.5. The molecule has 1 amide bonds. The molecule has 0 radical (unpaired) electrons. The van der Waals surface area contributed by atoms with Gasteiger partial charge in [0.2, 0.25) is 10.0 Å². The highest BCUT2D eigenvalue weighted by atomic mass is 32.2. The molecule has 1 N–H and O–H groups in total. The van der Waals surface area contributed by atoms with Crippen molar-refractivity contribution in [1.82, 2.24) is 5.32 Å². The van der Waals surface area contributed by atoms with E-state index in [0.717, 1.165) is 17.5 Å². The lowest BCUT2D eigenvalue weighted by atomic mass is 9.96. The summed E-state index contributed by atoms with van der Waals surface area (Å²) >= 11 is 0. The van der Waals surface area contributed by atoms with E-state index in [1.807, 2.05) is 43.3 Å². The van der Waals surface area contributed by atoms with Crippen LogP contribution in [-0.2, 0) is 16.4 Å². The van der Waals surface area contributed by atoms with E-state index in [4.69, 9.17) is 0 Å². The van der Waals surface area contributed by atoms with Crippen LogP contribution in [0.4, 0.5) is 5.69 Å². The number of fused-ring (bicyclic) bond motifs is 1. The number of nitrogens with one attached hydrogen (secondary N) is 1. The van der Waals surface area contributed by atoms with E-state index < -0.39 is 10.0 Å². The van der Waals surface area contributed by atoms with E-state index in [9.17, 15) is 13.2 Å². The first-order valence-electron chi connectivity index (χ1n) is 9.65. The first kappa shape index (κ1) is 20.4. The molecule has 2 aromatic rings. The molecule has 0 aliphatic carbocycles. The van der Waals surface area contributed by atoms with Crippen LogP contribution in [0.3, 0.4) is 0 Å². The van der Waals surface area contributed by atoms with Crippen LogP contribution in [0.25, 0.3) is 0 Å². The van der Waals surface area contributed by atoms with Crippen LogP contribution in [0.5, 0.6) is 0 Å². The lowest BCUT2D eigenvalue weighted by Gasteiger charge is -2.22. The molecular weight excluding hydrogens is 372 g/mol. The quantitative estimate of drug-likeness (QED) is 0.799. The van der Waals surface area contributed by atoms with Gasteiger partial charge in [0.1, 0.15) is 0 Å². The highest BCUT2D eigenvalue weighted by Gasteiger charge is 2.33. The van der Waals surface area contributed by atoms with Crippen LogP contribution in [0, 0.1) is 5.92 Å². The van der Waals surface area contributed by atoms with Gasteiger partial charge < -0.3 is 5.32 Å². The second-order valence-electron chi connectivity index (χ2n) is 8.02. The van der Waals surface area contributed by atoms with Gasteiger partial charge in [-0.05, 0) is 55.0 Å². The fourth-order valence-electron chi connectivity index (χ4n) is 3.93. The normalized spacial score (nSPS) is 17.5. The van der Waals surface area contributed by atoms with Gasteiger partial charge >= 0.3 is 0 Å². The Bertz CT molecular complexity index is 955. The van der Waals surface area contributed by atoms with Crippen LogP contribution in [-0.4, -0.2) is 26.6 Å². The number of sulfonamides is 1. The standard InChI is InChI=1S/C22H28N2O3S/c1-15(2)12-20(17-8-6-5-7-9-17)23-22(25)18-10-11-21-19(14-18)13-16(3)24(21)28(4,26)27/h5-11,14-16,20H,12-13H2,1-4H3,(H,23,25). The largest absolute Gasteiger partial charge is 0.345 e. The Morgan fingerprint density at radius 3 is 2.46 bits per heavy atom. The van der Waals surface area contributed by atoms with Crippen LogP contribution in [0.1, 0.15) is 54.7 Å². The Morgan fingerprint density at radius 1 is 1.18 bits per heavy atom. The third-order valence-corrected chi connectivity index (χ3v) is 6.34. The molecule has 150 valence electrons. The van der Waals surface area contributed by atoms with E-state index in [-0.39, 0.29) is 18.0 Å². The number of rotatable bonds is 6. The average molecular weight is 401 g/mol. The lowest BCUT2D eigenvalue weighted by molar-refractivity contribution is 0.0932. The highest BCUT2D eigenvalue weighted by Crippen LogP contribution is 2.35. The number of amides is 1. The summed E-state index contributed by atoms with van der Waals surface area (Å²) in [7, 11) is -3.33. The van der Waals surface area contributed by atoms with Crippen molar-refractivity contribution in [2.45, 2.75) is 45.7 Å². The van der Waals surface area contributed by atoms with Gasteiger partial charge in [-0.3, -0.25) is 9.10 Å². The number of anilines is 1. The molecule has 1 aliphatic heterocycles. The third kappa shape index (κ3) is 4.38. The predicted octanol–water partition coefficient (Wildman–Crippen LogP) is 3.91. The monoisotopic (exact) mass is 400 g/mol. The van der Waals surface area contributed by atoms with Crippen molar-refractivity contribution in [1.29, 1.82) is 0 Å². The summed E-state index contributed by atoms with van der Waals surface area (Å²) in [6.45, 7) is 6.16. The summed E-state index contributed by atoms with van der Waals surface area (Å²) in [4.78, 5) is 12.9. The number of nitrogens with zero attached hydrogens (tertiary/aromatic N) is 1. The molecule has 0 bridgehead atoms. The van der Waals surface area contributed by atoms with Crippen LogP contribution in [0.2, 0.25) is 0 Å². The van der Waals surface area contributed by atoms with Gasteiger partial charge in [-0.25, -0.2) is 8.42 Å². The molecule has 0 saturated heterocycles. The van der Waals surface area contributed by atoms with E-state index in [0.29, 0.717) is 23.6 Å². The summed E-state index contributed by atoms with van der Waals surface area (Å²) in [5.41, 5.74) is 3.22. The van der Waals surface area contributed by atoms with Gasteiger partial charge in [0.15, 0.2) is 0 Å². The van der Waals surface area contributed by atoms with Crippen molar-refractivity contribution < 1.29 is 13.2 Å². The molecule has 3 rings (SSSR count). The number of hydrogen-bond acceptors (Lipinski definition) is 3. The summed E-state index contributed by atoms with van der Waals surface area (Å²) in [6.07, 6.45) is 2.67. The molecule has 1 heterocycles. The molecule has 0 saturated carbocycles. The fraction of sp³-hybridized carbons (Fsp3) is 0.409. The highest BCUT2D eigenvalue weighted by molar-refractivity contribution is 7.92. The maximum atomic E-state index is 12.9. The molecule has 2 aromatic carbocycles. The van der Waals surface area contributed by atoms with Gasteiger partial charge in [-0.1, -0.05) is 44.2 Å². The Balaban J connectivity index is 1.84. The van der Waals surface area contributed by atoms with Crippen molar-refractivity contribution >= 4 is 21.6 Å². The zero-order valence-electron chi connectivity index (χ0n) is 16.8. The zero-order valence-corrected chi connectivity index (χ0v) is 17.7. The first-order valence-corrected chi connectivity index (χ1v) is 11.5. The van der Waals surface area contributed by atoms with Crippen molar-refractivity contribution in [3.05, 3.63) is 65.2 Å². The molecule has 2 unspecified atom stereocenters. The van der Waals surface area contributed by atoms with Gasteiger partial charge in [0.05, 0.1) is 18.0 Å². The van der Waals surface area contributed by atoms with Crippen molar-refractivity contribution in [3.8, 4) is 0 Å². The molecule has 6 heteroatoms. The minimum Gasteiger partial charge on any atom is -0.345 e. The SMILES string of the molecule is CC(C)CC(NC(=O)c1ccc2c(c1)CC(C)N2S(C)(=O)=O)c1ccccc1.